The smallest absolute Gasteiger partial charge is 0.164 e. The molecular formula is C46H37N3. The maximum absolute atomic E-state index is 9.36. The molecule has 0 saturated heterocycles. The van der Waals surface area contributed by atoms with Crippen LogP contribution >= 0.6 is 0 Å². The van der Waals surface area contributed by atoms with Crippen LogP contribution in [-0.2, 0) is 5.41 Å². The van der Waals surface area contributed by atoms with Crippen LogP contribution in [0.5, 0.6) is 0 Å². The van der Waals surface area contributed by atoms with Gasteiger partial charge in [0, 0.05) is 27.6 Å². The third-order valence-corrected chi connectivity index (χ3v) is 9.88. The van der Waals surface area contributed by atoms with E-state index < -0.39 is 18.2 Å². The van der Waals surface area contributed by atoms with Crippen LogP contribution in [0.3, 0.4) is 0 Å². The van der Waals surface area contributed by atoms with E-state index in [1.54, 1.807) is 0 Å². The molecule has 1 spiro atoms. The molecule has 3 heteroatoms. The Kier molecular flexibility index (Phi) is 6.26. The van der Waals surface area contributed by atoms with Crippen molar-refractivity contribution < 1.29 is 5.48 Å². The van der Waals surface area contributed by atoms with Crippen LogP contribution in [0.1, 0.15) is 54.2 Å². The lowest BCUT2D eigenvalue weighted by Gasteiger charge is -2.36. The zero-order chi connectivity index (χ0) is 36.4. The number of nitrogens with zero attached hydrogens (tertiary/aromatic N) is 3. The van der Waals surface area contributed by atoms with Crippen LogP contribution in [-0.4, -0.2) is 15.0 Å². The Morgan fingerprint density at radius 2 is 0.980 bits per heavy atom. The van der Waals surface area contributed by atoms with Gasteiger partial charge in [-0.1, -0.05) is 147 Å². The van der Waals surface area contributed by atoms with E-state index in [9.17, 15) is 5.48 Å². The first-order chi connectivity index (χ1) is 25.7. The van der Waals surface area contributed by atoms with Gasteiger partial charge in [-0.2, -0.15) is 0 Å². The molecule has 236 valence electrons. The SMILES string of the molecule is [2H]C1([2H])CCCC([2H])([2H])C12c1ccccc1-c1ccc(-c3cccc(-c4cc(-c5nc(-c6ccccc6)nc(-c6ccccc6)n5)ccc4C)c3)cc12. The van der Waals surface area contributed by atoms with Crippen LogP contribution in [0, 0.1) is 6.92 Å². The minimum absolute atomic E-state index is 0.316. The van der Waals surface area contributed by atoms with Crippen molar-refractivity contribution in [1.29, 1.82) is 0 Å². The Morgan fingerprint density at radius 1 is 0.429 bits per heavy atom. The Balaban J connectivity index is 1.15. The monoisotopic (exact) mass is 635 g/mol. The second-order valence-corrected chi connectivity index (χ2v) is 12.9. The van der Waals surface area contributed by atoms with Gasteiger partial charge in [0.1, 0.15) is 0 Å². The van der Waals surface area contributed by atoms with Crippen molar-refractivity contribution in [2.75, 3.05) is 0 Å². The summed E-state index contributed by atoms with van der Waals surface area (Å²) in [5.74, 6) is 1.82. The molecule has 0 unspecified atom stereocenters. The first-order valence-corrected chi connectivity index (χ1v) is 17.0. The van der Waals surface area contributed by atoms with E-state index >= 15 is 0 Å². The molecule has 6 aromatic carbocycles. The van der Waals surface area contributed by atoms with E-state index in [0.717, 1.165) is 66.8 Å². The molecule has 0 aliphatic heterocycles. The molecule has 49 heavy (non-hydrogen) atoms. The van der Waals surface area contributed by atoms with Crippen LogP contribution in [0.2, 0.25) is 0 Å². The predicted octanol–water partition coefficient (Wildman–Crippen LogP) is 11.7. The molecule has 0 amide bonds. The lowest BCUT2D eigenvalue weighted by Crippen LogP contribution is -2.28. The molecule has 7 aromatic rings. The minimum Gasteiger partial charge on any atom is -0.208 e. The summed E-state index contributed by atoms with van der Waals surface area (Å²) in [6, 6.07) is 48.7. The Labute approximate surface area is 294 Å². The van der Waals surface area contributed by atoms with Crippen molar-refractivity contribution in [2.45, 2.75) is 44.3 Å². The lowest BCUT2D eigenvalue weighted by molar-refractivity contribution is 0.353. The average molecular weight is 636 g/mol. The first-order valence-electron chi connectivity index (χ1n) is 19.0. The third kappa shape index (κ3) is 5.18. The van der Waals surface area contributed by atoms with Crippen LogP contribution in [0.4, 0.5) is 0 Å². The highest BCUT2D eigenvalue weighted by molar-refractivity contribution is 5.85. The van der Waals surface area contributed by atoms with Gasteiger partial charge < -0.3 is 0 Å². The van der Waals surface area contributed by atoms with Crippen LogP contribution in [0.15, 0.2) is 146 Å². The standard InChI is InChI=1S/C46H37N3/c1-31-22-23-37(45-48-43(32-14-5-2-6-15-32)47-44(49-45)33-16-7-3-8-17-33)29-40(31)36-19-13-18-34(28-36)35-24-25-39-38-20-9-10-21-41(38)46(42(39)30-35)26-11-4-12-27-46/h2-3,5-10,13-25,28-30H,4,11-12,26-27H2,1H3/i26D2,27D2. The highest BCUT2D eigenvalue weighted by Crippen LogP contribution is 2.56. The first kappa shape index (κ1) is 25.4. The molecule has 0 radical (unpaired) electrons. The number of hydrogen-bond acceptors (Lipinski definition) is 3. The van der Waals surface area contributed by atoms with Gasteiger partial charge in [-0.05, 0) is 87.9 Å². The van der Waals surface area contributed by atoms with Crippen molar-refractivity contribution in [3.05, 3.63) is 162 Å². The van der Waals surface area contributed by atoms with E-state index in [2.05, 4.69) is 67.6 Å². The van der Waals surface area contributed by atoms with Gasteiger partial charge >= 0.3 is 0 Å². The van der Waals surface area contributed by atoms with Crippen molar-refractivity contribution in [1.82, 2.24) is 15.0 Å². The van der Waals surface area contributed by atoms with Gasteiger partial charge in [-0.15, -0.1) is 0 Å². The van der Waals surface area contributed by atoms with Gasteiger partial charge in [-0.3, -0.25) is 0 Å². The topological polar surface area (TPSA) is 38.7 Å². The number of aryl methyl sites for hydroxylation is 1. The normalized spacial score (nSPS) is 17.7. The summed E-state index contributed by atoms with van der Waals surface area (Å²) in [7, 11) is 0. The Hall–Kier alpha value is -5.67. The number of hydrogen-bond donors (Lipinski definition) is 0. The molecular weight excluding hydrogens is 595 g/mol. The second kappa shape index (κ2) is 12.1. The third-order valence-electron chi connectivity index (χ3n) is 9.88. The highest BCUT2D eigenvalue weighted by Gasteiger charge is 2.43. The zero-order valence-corrected chi connectivity index (χ0v) is 27.3. The molecule has 0 bridgehead atoms. The molecule has 9 rings (SSSR count). The molecule has 1 saturated carbocycles. The molecule has 1 aromatic heterocycles. The number of rotatable bonds is 5. The lowest BCUT2D eigenvalue weighted by atomic mass is 9.67. The van der Waals surface area contributed by atoms with E-state index in [1.807, 2.05) is 84.9 Å². The molecule has 1 fully saturated rings. The molecule has 2 aliphatic carbocycles. The fraction of sp³-hybridized carbons (Fsp3) is 0.152. The Bertz CT molecular complexity index is 2440. The van der Waals surface area contributed by atoms with E-state index in [-0.39, 0.29) is 0 Å². The molecule has 2 aliphatic rings. The number of aromatic nitrogens is 3. The molecule has 1 heterocycles. The molecule has 3 nitrogen and oxygen atoms in total. The number of fused-ring (bicyclic) bond motifs is 5. The summed E-state index contributed by atoms with van der Waals surface area (Å²) in [5.41, 5.74) is 9.77. The average Bonchev–Trinajstić information content (AvgIpc) is 3.50. The van der Waals surface area contributed by atoms with E-state index in [4.69, 9.17) is 15.0 Å². The summed E-state index contributed by atoms with van der Waals surface area (Å²) in [4.78, 5) is 14.8. The summed E-state index contributed by atoms with van der Waals surface area (Å²) in [6.45, 7) is 2.10. The quantitative estimate of drug-likeness (QED) is 0.189. The molecule has 0 N–H and O–H groups in total. The fourth-order valence-corrected chi connectivity index (χ4v) is 7.42. The summed E-state index contributed by atoms with van der Waals surface area (Å²) < 4.78 is 37.4. The van der Waals surface area contributed by atoms with Crippen LogP contribution < -0.4 is 0 Å². The van der Waals surface area contributed by atoms with Crippen molar-refractivity contribution in [3.63, 3.8) is 0 Å². The summed E-state index contributed by atoms with van der Waals surface area (Å²) >= 11 is 0. The maximum Gasteiger partial charge on any atom is 0.164 e. The largest absolute Gasteiger partial charge is 0.208 e. The highest BCUT2D eigenvalue weighted by atomic mass is 15.0. The fourth-order valence-electron chi connectivity index (χ4n) is 7.42. The second-order valence-electron chi connectivity index (χ2n) is 12.9. The predicted molar refractivity (Wildman–Crippen MR) is 201 cm³/mol. The van der Waals surface area contributed by atoms with Crippen molar-refractivity contribution in [2.24, 2.45) is 0 Å². The number of benzene rings is 6. The van der Waals surface area contributed by atoms with Gasteiger partial charge in [0.2, 0.25) is 0 Å². The van der Waals surface area contributed by atoms with E-state index in [1.165, 1.54) is 0 Å². The maximum atomic E-state index is 9.36. The Morgan fingerprint density at radius 3 is 1.69 bits per heavy atom. The van der Waals surface area contributed by atoms with Crippen LogP contribution in [0.25, 0.3) is 67.5 Å². The van der Waals surface area contributed by atoms with Gasteiger partial charge in [0.15, 0.2) is 17.5 Å². The molecule has 0 atom stereocenters. The van der Waals surface area contributed by atoms with Crippen molar-refractivity contribution in [3.8, 4) is 67.5 Å². The minimum atomic E-state index is -1.76. The summed E-state index contributed by atoms with van der Waals surface area (Å²) in [6.07, 6.45) is -2.37. The van der Waals surface area contributed by atoms with Crippen molar-refractivity contribution >= 4 is 0 Å². The van der Waals surface area contributed by atoms with Gasteiger partial charge in [0.05, 0.1) is 0 Å². The van der Waals surface area contributed by atoms with Gasteiger partial charge in [-0.25, -0.2) is 15.0 Å². The summed E-state index contributed by atoms with van der Waals surface area (Å²) in [5, 5.41) is 0. The van der Waals surface area contributed by atoms with Gasteiger partial charge in [0.25, 0.3) is 0 Å². The van der Waals surface area contributed by atoms with E-state index in [0.29, 0.717) is 36.7 Å². The zero-order valence-electron chi connectivity index (χ0n) is 31.3.